The highest BCUT2D eigenvalue weighted by atomic mass is 35.5. The Morgan fingerprint density at radius 1 is 1.40 bits per heavy atom. The number of carbonyl (C=O) groups is 1. The summed E-state index contributed by atoms with van der Waals surface area (Å²) < 4.78 is 0. The van der Waals surface area contributed by atoms with Crippen LogP contribution in [0.4, 0.5) is 0 Å². The molecule has 0 radical (unpaired) electrons. The normalized spacial score (nSPS) is 12.4. The van der Waals surface area contributed by atoms with Gasteiger partial charge in [0.05, 0.1) is 10.5 Å². The third-order valence-corrected chi connectivity index (χ3v) is 3.83. The molecule has 1 aromatic carbocycles. The van der Waals surface area contributed by atoms with Crippen molar-refractivity contribution in [2.45, 2.75) is 20.3 Å². The molecule has 1 heterocycles. The minimum atomic E-state index is -0.0852. The van der Waals surface area contributed by atoms with Crippen LogP contribution in [-0.4, -0.2) is 29.4 Å². The maximum atomic E-state index is 12.4. The van der Waals surface area contributed by atoms with Crippen LogP contribution in [-0.2, 0) is 0 Å². The summed E-state index contributed by atoms with van der Waals surface area (Å²) in [6, 6.07) is 9.23. The lowest BCUT2D eigenvalue weighted by atomic mass is 10.1. The lowest BCUT2D eigenvalue weighted by Gasteiger charge is -2.20. The van der Waals surface area contributed by atoms with Crippen molar-refractivity contribution in [1.29, 1.82) is 0 Å². The summed E-state index contributed by atoms with van der Waals surface area (Å²) in [4.78, 5) is 18.5. The summed E-state index contributed by atoms with van der Waals surface area (Å²) in [5.74, 6) is 0.387. The Balaban J connectivity index is 2.30. The maximum absolute atomic E-state index is 12.4. The van der Waals surface area contributed by atoms with Gasteiger partial charge in [-0.2, -0.15) is 0 Å². The first-order valence-corrected chi connectivity index (χ1v) is 7.21. The Morgan fingerprint density at radius 3 is 2.80 bits per heavy atom. The van der Waals surface area contributed by atoms with Gasteiger partial charge in [-0.15, -0.1) is 0 Å². The van der Waals surface area contributed by atoms with Crippen molar-refractivity contribution >= 4 is 28.4 Å². The topological polar surface area (TPSA) is 33.2 Å². The van der Waals surface area contributed by atoms with E-state index in [0.717, 1.165) is 23.9 Å². The average molecular weight is 291 g/mol. The van der Waals surface area contributed by atoms with Gasteiger partial charge in [-0.1, -0.05) is 50.1 Å². The van der Waals surface area contributed by atoms with Gasteiger partial charge in [0.2, 0.25) is 0 Å². The van der Waals surface area contributed by atoms with Gasteiger partial charge in [-0.3, -0.25) is 4.79 Å². The molecule has 0 saturated carbocycles. The number of halogens is 1. The number of carbonyl (C=O) groups excluding carboxylic acids is 1. The predicted octanol–water partition coefficient (Wildman–Crippen LogP) is 4.01. The molecule has 2 rings (SSSR count). The van der Waals surface area contributed by atoms with E-state index in [1.807, 2.05) is 24.3 Å². The average Bonchev–Trinajstić information content (AvgIpc) is 2.46. The first kappa shape index (κ1) is 14.8. The number of nitrogens with zero attached hydrogens (tertiary/aromatic N) is 2. The molecule has 0 aliphatic rings. The van der Waals surface area contributed by atoms with Crippen LogP contribution in [0.15, 0.2) is 30.3 Å². The fraction of sp³-hybridized carbons (Fsp3) is 0.375. The molecule has 1 unspecified atom stereocenters. The molecule has 0 aliphatic heterocycles. The Labute approximate surface area is 124 Å². The smallest absolute Gasteiger partial charge is 0.272 e. The molecule has 1 atom stereocenters. The minimum Gasteiger partial charge on any atom is -0.340 e. The van der Waals surface area contributed by atoms with Crippen LogP contribution in [0.5, 0.6) is 0 Å². The summed E-state index contributed by atoms with van der Waals surface area (Å²) in [6.07, 6.45) is 1.05. The molecule has 1 aromatic heterocycles. The van der Waals surface area contributed by atoms with Crippen LogP contribution < -0.4 is 0 Å². The van der Waals surface area contributed by atoms with Gasteiger partial charge in [-0.05, 0) is 18.1 Å². The van der Waals surface area contributed by atoms with Crippen LogP contribution >= 0.6 is 11.6 Å². The molecule has 0 fully saturated rings. The predicted molar refractivity (Wildman–Crippen MR) is 83.2 cm³/mol. The summed E-state index contributed by atoms with van der Waals surface area (Å²) in [6.45, 7) is 4.97. The number of pyridine rings is 1. The zero-order valence-electron chi connectivity index (χ0n) is 12.1. The van der Waals surface area contributed by atoms with E-state index in [-0.39, 0.29) is 5.91 Å². The monoisotopic (exact) mass is 290 g/mol. The van der Waals surface area contributed by atoms with Gasteiger partial charge in [0.25, 0.3) is 5.91 Å². The molecule has 0 saturated heterocycles. The van der Waals surface area contributed by atoms with Crippen LogP contribution in [0.1, 0.15) is 30.8 Å². The molecule has 106 valence electrons. The molecule has 0 bridgehead atoms. The lowest BCUT2D eigenvalue weighted by Crippen LogP contribution is -2.31. The highest BCUT2D eigenvalue weighted by Gasteiger charge is 2.16. The Kier molecular flexibility index (Phi) is 4.61. The van der Waals surface area contributed by atoms with Crippen LogP contribution in [0.2, 0.25) is 5.02 Å². The first-order valence-electron chi connectivity index (χ1n) is 6.83. The number of amides is 1. The largest absolute Gasteiger partial charge is 0.340 e. The Morgan fingerprint density at radius 2 is 2.10 bits per heavy atom. The second kappa shape index (κ2) is 6.23. The van der Waals surface area contributed by atoms with Crippen molar-refractivity contribution in [3.63, 3.8) is 0 Å². The number of rotatable bonds is 4. The highest BCUT2D eigenvalue weighted by molar-refractivity contribution is 6.35. The molecule has 20 heavy (non-hydrogen) atoms. The van der Waals surface area contributed by atoms with Gasteiger partial charge >= 0.3 is 0 Å². The van der Waals surface area contributed by atoms with E-state index in [1.54, 1.807) is 18.0 Å². The third-order valence-electron chi connectivity index (χ3n) is 3.51. The SMILES string of the molecule is CCC(C)CN(C)C(=O)c1cc(Cl)c2ccccc2n1. The van der Waals surface area contributed by atoms with Crippen molar-refractivity contribution in [3.05, 3.63) is 41.0 Å². The second-order valence-corrected chi connectivity index (χ2v) is 5.61. The van der Waals surface area contributed by atoms with Crippen LogP contribution in [0.25, 0.3) is 10.9 Å². The van der Waals surface area contributed by atoms with Gasteiger partial charge in [-0.25, -0.2) is 4.98 Å². The fourth-order valence-corrected chi connectivity index (χ4v) is 2.38. The van der Waals surface area contributed by atoms with Crippen LogP contribution in [0.3, 0.4) is 0 Å². The quantitative estimate of drug-likeness (QED) is 0.852. The van der Waals surface area contributed by atoms with E-state index in [9.17, 15) is 4.79 Å². The van der Waals surface area contributed by atoms with E-state index in [4.69, 9.17) is 11.6 Å². The standard InChI is InChI=1S/C16H19ClN2O/c1-4-11(2)10-19(3)16(20)15-9-13(17)12-7-5-6-8-14(12)18-15/h5-9,11H,4,10H2,1-3H3. The van der Waals surface area contributed by atoms with Crippen molar-refractivity contribution in [3.8, 4) is 0 Å². The number of benzene rings is 1. The van der Waals surface area contributed by atoms with Gasteiger partial charge in [0.15, 0.2) is 0 Å². The lowest BCUT2D eigenvalue weighted by molar-refractivity contribution is 0.0769. The highest BCUT2D eigenvalue weighted by Crippen LogP contribution is 2.23. The molecule has 0 aliphatic carbocycles. The van der Waals surface area contributed by atoms with Gasteiger partial charge in [0, 0.05) is 19.0 Å². The Bertz CT molecular complexity index is 627. The van der Waals surface area contributed by atoms with Crippen molar-refractivity contribution in [1.82, 2.24) is 9.88 Å². The molecule has 3 nitrogen and oxygen atoms in total. The zero-order chi connectivity index (χ0) is 14.7. The third kappa shape index (κ3) is 3.10. The second-order valence-electron chi connectivity index (χ2n) is 5.21. The molecule has 0 N–H and O–H groups in total. The molecular weight excluding hydrogens is 272 g/mol. The number of hydrogen-bond donors (Lipinski definition) is 0. The molecule has 4 heteroatoms. The van der Waals surface area contributed by atoms with E-state index >= 15 is 0 Å². The molecule has 2 aromatic rings. The van der Waals surface area contributed by atoms with Gasteiger partial charge in [0.1, 0.15) is 5.69 Å². The van der Waals surface area contributed by atoms with Crippen molar-refractivity contribution in [2.24, 2.45) is 5.92 Å². The van der Waals surface area contributed by atoms with Crippen molar-refractivity contribution in [2.75, 3.05) is 13.6 Å². The minimum absolute atomic E-state index is 0.0852. The fourth-order valence-electron chi connectivity index (χ4n) is 2.12. The molecule has 1 amide bonds. The van der Waals surface area contributed by atoms with E-state index in [1.165, 1.54) is 0 Å². The zero-order valence-corrected chi connectivity index (χ0v) is 12.8. The number of fused-ring (bicyclic) bond motifs is 1. The Hall–Kier alpha value is -1.61. The first-order chi connectivity index (χ1) is 9.52. The summed E-state index contributed by atoms with van der Waals surface area (Å²) in [5, 5.41) is 1.44. The van der Waals surface area contributed by atoms with E-state index in [2.05, 4.69) is 18.8 Å². The van der Waals surface area contributed by atoms with E-state index < -0.39 is 0 Å². The van der Waals surface area contributed by atoms with Gasteiger partial charge < -0.3 is 4.90 Å². The summed E-state index contributed by atoms with van der Waals surface area (Å²) >= 11 is 6.23. The molecular formula is C16H19ClN2O. The van der Waals surface area contributed by atoms with Crippen molar-refractivity contribution < 1.29 is 4.79 Å². The summed E-state index contributed by atoms with van der Waals surface area (Å²) in [5.41, 5.74) is 1.15. The number of para-hydroxylation sites is 1. The molecule has 0 spiro atoms. The van der Waals surface area contributed by atoms with E-state index in [0.29, 0.717) is 16.6 Å². The number of aromatic nitrogens is 1. The maximum Gasteiger partial charge on any atom is 0.272 e. The summed E-state index contributed by atoms with van der Waals surface area (Å²) in [7, 11) is 1.80. The number of hydrogen-bond acceptors (Lipinski definition) is 2. The van der Waals surface area contributed by atoms with Crippen LogP contribution in [0, 0.1) is 5.92 Å².